The molecule has 0 N–H and O–H groups in total. The van der Waals surface area contributed by atoms with Gasteiger partial charge in [0.15, 0.2) is 5.78 Å². The Kier molecular flexibility index (Phi) is 5.98. The third kappa shape index (κ3) is 3.96. The molecule has 0 aromatic heterocycles. The number of carbonyl (C=O) groups is 1. The smallest absolute Gasteiger partial charge is 0.185 e. The van der Waals surface area contributed by atoms with E-state index in [0.29, 0.717) is 0 Å². The van der Waals surface area contributed by atoms with Crippen molar-refractivity contribution < 1.29 is 4.79 Å². The lowest BCUT2D eigenvalue weighted by molar-refractivity contribution is -0.0820. The summed E-state index contributed by atoms with van der Waals surface area (Å²) < 4.78 is 0. The molecule has 3 heterocycles. The van der Waals surface area contributed by atoms with Crippen LogP contribution in [0.25, 0.3) is 0 Å². The normalized spacial score (nSPS) is 24.5. The van der Waals surface area contributed by atoms with Crippen molar-refractivity contribution in [1.82, 2.24) is 14.9 Å². The number of hydrogen-bond donors (Lipinski definition) is 0. The first kappa shape index (κ1) is 19.9. The second-order valence-corrected chi connectivity index (χ2v) is 9.03. The van der Waals surface area contributed by atoms with Crippen LogP contribution in [0.4, 0.5) is 0 Å². The molecule has 5 rings (SSSR count). The summed E-state index contributed by atoms with van der Waals surface area (Å²) in [6.45, 7) is 5.59. The molecule has 4 nitrogen and oxygen atoms in total. The molecule has 30 heavy (non-hydrogen) atoms. The Bertz CT molecular complexity index is 854. The van der Waals surface area contributed by atoms with Crippen LogP contribution < -0.4 is 0 Å². The molecule has 0 amide bonds. The largest absolute Gasteiger partial charge is 0.300 e. The summed E-state index contributed by atoms with van der Waals surface area (Å²) in [6.07, 6.45) is 7.55. The molecule has 0 saturated carbocycles. The summed E-state index contributed by atoms with van der Waals surface area (Å²) in [5.74, 6) is 0.223. The zero-order valence-electron chi connectivity index (χ0n) is 17.9. The maximum Gasteiger partial charge on any atom is 0.185 e. The number of hydrazine groups is 1. The number of hydrogen-bond acceptors (Lipinski definition) is 4. The van der Waals surface area contributed by atoms with Gasteiger partial charge in [-0.25, -0.2) is 10.0 Å². The van der Waals surface area contributed by atoms with Crippen molar-refractivity contribution >= 4 is 5.78 Å². The van der Waals surface area contributed by atoms with Gasteiger partial charge in [-0.2, -0.15) is 0 Å². The molecule has 1 unspecified atom stereocenters. The van der Waals surface area contributed by atoms with Crippen LogP contribution in [0.2, 0.25) is 0 Å². The quantitative estimate of drug-likeness (QED) is 0.710. The van der Waals surface area contributed by atoms with E-state index in [1.54, 1.807) is 0 Å². The Hall–Kier alpha value is -2.01. The van der Waals surface area contributed by atoms with E-state index < -0.39 is 0 Å². The summed E-state index contributed by atoms with van der Waals surface area (Å²) in [7, 11) is 0. The minimum absolute atomic E-state index is 0.205. The average molecular weight is 404 g/mol. The van der Waals surface area contributed by atoms with Gasteiger partial charge in [-0.1, -0.05) is 61.0 Å². The van der Waals surface area contributed by atoms with Gasteiger partial charge >= 0.3 is 0 Å². The fourth-order valence-corrected chi connectivity index (χ4v) is 5.65. The highest BCUT2D eigenvalue weighted by Gasteiger charge is 2.38. The van der Waals surface area contributed by atoms with Crippen molar-refractivity contribution in [2.24, 2.45) is 0 Å². The average Bonchev–Trinajstić information content (AvgIpc) is 2.84. The van der Waals surface area contributed by atoms with E-state index >= 15 is 0 Å². The van der Waals surface area contributed by atoms with Crippen molar-refractivity contribution in [3.05, 3.63) is 71.3 Å². The second kappa shape index (κ2) is 9.01. The van der Waals surface area contributed by atoms with Crippen LogP contribution in [0.1, 0.15) is 59.6 Å². The van der Waals surface area contributed by atoms with Crippen LogP contribution in [0, 0.1) is 0 Å². The third-order valence-electron chi connectivity index (χ3n) is 7.28. The number of piperidine rings is 2. The van der Waals surface area contributed by atoms with Crippen molar-refractivity contribution in [1.29, 1.82) is 0 Å². The molecule has 0 aliphatic carbocycles. The van der Waals surface area contributed by atoms with Gasteiger partial charge in [-0.3, -0.25) is 4.79 Å². The molecule has 2 aromatic rings. The molecular formula is C26H33N3O. The lowest BCUT2D eigenvalue weighted by atomic mass is 9.88. The van der Waals surface area contributed by atoms with Gasteiger partial charge in [0.25, 0.3) is 0 Å². The van der Waals surface area contributed by atoms with Crippen LogP contribution in [-0.4, -0.2) is 59.5 Å². The lowest BCUT2D eigenvalue weighted by Crippen LogP contribution is -2.55. The Labute approximate surface area is 180 Å². The molecule has 4 heteroatoms. The van der Waals surface area contributed by atoms with Gasteiger partial charge < -0.3 is 4.90 Å². The molecule has 0 spiro atoms. The summed E-state index contributed by atoms with van der Waals surface area (Å²) in [5.41, 5.74) is 3.33. The summed E-state index contributed by atoms with van der Waals surface area (Å²) in [6, 6.07) is 18.9. The van der Waals surface area contributed by atoms with Crippen molar-refractivity contribution in [3.63, 3.8) is 0 Å². The highest BCUT2D eigenvalue weighted by molar-refractivity contribution is 6.01. The maximum absolute atomic E-state index is 13.7. The number of benzene rings is 2. The third-order valence-corrected chi connectivity index (χ3v) is 7.28. The lowest BCUT2D eigenvalue weighted by Gasteiger charge is -2.47. The van der Waals surface area contributed by atoms with E-state index in [4.69, 9.17) is 0 Å². The second-order valence-electron chi connectivity index (χ2n) is 9.03. The Balaban J connectivity index is 1.36. The minimum Gasteiger partial charge on any atom is -0.300 e. The number of ketones is 1. The molecule has 2 aromatic carbocycles. The van der Waals surface area contributed by atoms with Crippen LogP contribution in [-0.2, 0) is 6.42 Å². The molecule has 2 fully saturated rings. The summed E-state index contributed by atoms with van der Waals surface area (Å²) in [5, 5.41) is 4.88. The molecule has 158 valence electrons. The molecule has 0 bridgehead atoms. The molecule has 0 radical (unpaired) electrons. The molecule has 3 aliphatic rings. The van der Waals surface area contributed by atoms with E-state index in [1.165, 1.54) is 56.3 Å². The maximum atomic E-state index is 13.7. The number of Topliss-reactive ketones (excluding diaryl/α,β-unsaturated/α-hetero) is 1. The monoisotopic (exact) mass is 403 g/mol. The SMILES string of the molecule is O=C(c1ccccc1)C1c2ccccc2CCN1N1CCC(N2CCCCC2)CC1. The Morgan fingerprint density at radius 3 is 2.23 bits per heavy atom. The fraction of sp³-hybridized carbons (Fsp3) is 0.500. The van der Waals surface area contributed by atoms with E-state index in [-0.39, 0.29) is 11.8 Å². The van der Waals surface area contributed by atoms with Crippen LogP contribution in [0.5, 0.6) is 0 Å². The number of carbonyl (C=O) groups excluding carboxylic acids is 1. The van der Waals surface area contributed by atoms with Crippen LogP contribution in [0.3, 0.4) is 0 Å². The van der Waals surface area contributed by atoms with Gasteiger partial charge in [0.2, 0.25) is 0 Å². The summed E-state index contributed by atoms with van der Waals surface area (Å²) in [4.78, 5) is 16.4. The van der Waals surface area contributed by atoms with Crippen molar-refractivity contribution in [2.45, 2.75) is 50.6 Å². The predicted molar refractivity (Wildman–Crippen MR) is 120 cm³/mol. The Morgan fingerprint density at radius 1 is 0.767 bits per heavy atom. The molecule has 2 saturated heterocycles. The molecule has 1 atom stereocenters. The van der Waals surface area contributed by atoms with Gasteiger partial charge in [0.1, 0.15) is 6.04 Å². The van der Waals surface area contributed by atoms with Gasteiger partial charge in [0.05, 0.1) is 0 Å². The zero-order valence-corrected chi connectivity index (χ0v) is 17.9. The highest BCUT2D eigenvalue weighted by atomic mass is 16.1. The number of fused-ring (bicyclic) bond motifs is 1. The number of rotatable bonds is 4. The highest BCUT2D eigenvalue weighted by Crippen LogP contribution is 2.35. The first-order valence-electron chi connectivity index (χ1n) is 11.7. The Morgan fingerprint density at radius 2 is 1.47 bits per heavy atom. The zero-order chi connectivity index (χ0) is 20.3. The molecule has 3 aliphatic heterocycles. The fourth-order valence-electron chi connectivity index (χ4n) is 5.65. The predicted octanol–water partition coefficient (Wildman–Crippen LogP) is 4.33. The van der Waals surface area contributed by atoms with Crippen LogP contribution in [0.15, 0.2) is 54.6 Å². The summed E-state index contributed by atoms with van der Waals surface area (Å²) >= 11 is 0. The van der Waals surface area contributed by atoms with E-state index in [9.17, 15) is 4.79 Å². The van der Waals surface area contributed by atoms with E-state index in [0.717, 1.165) is 37.7 Å². The van der Waals surface area contributed by atoms with Crippen molar-refractivity contribution in [3.8, 4) is 0 Å². The van der Waals surface area contributed by atoms with E-state index in [1.807, 2.05) is 30.3 Å². The minimum atomic E-state index is -0.205. The van der Waals surface area contributed by atoms with Gasteiger partial charge in [-0.15, -0.1) is 0 Å². The number of likely N-dealkylation sites (tertiary alicyclic amines) is 1. The molecular weight excluding hydrogens is 370 g/mol. The topological polar surface area (TPSA) is 26.8 Å². The van der Waals surface area contributed by atoms with Crippen molar-refractivity contribution in [2.75, 3.05) is 32.7 Å². The van der Waals surface area contributed by atoms with E-state index in [2.05, 4.69) is 39.2 Å². The first-order chi connectivity index (χ1) is 14.8. The number of nitrogens with zero attached hydrogens (tertiary/aromatic N) is 3. The first-order valence-corrected chi connectivity index (χ1v) is 11.7. The van der Waals surface area contributed by atoms with Gasteiger partial charge in [-0.05, 0) is 56.3 Å². The standard InChI is InChI=1S/C26H33N3O/c30-26(22-10-3-1-4-11-22)25-24-12-6-5-9-21(24)13-20-29(25)28-18-14-23(15-19-28)27-16-7-2-8-17-27/h1,3-6,9-12,23,25H,2,7-8,13-20H2. The van der Waals surface area contributed by atoms with Gasteiger partial charge in [0, 0.05) is 31.2 Å². The van der Waals surface area contributed by atoms with Crippen LogP contribution >= 0.6 is 0 Å².